The van der Waals surface area contributed by atoms with Gasteiger partial charge < -0.3 is 28.5 Å². The number of carbonyl (C=O) groups is 2. The van der Waals surface area contributed by atoms with E-state index in [2.05, 4.69) is 160 Å². The number of esters is 1. The predicted molar refractivity (Wildman–Crippen MR) is 348 cm³/mol. The highest BCUT2D eigenvalue weighted by Crippen LogP contribution is 2.38. The molecule has 0 aliphatic heterocycles. The first kappa shape index (κ1) is 76.9. The van der Waals surface area contributed by atoms with Gasteiger partial charge in [0.25, 0.3) is 7.82 Å². The van der Waals surface area contributed by atoms with Crippen LogP contribution < -0.4 is 10.2 Å². The summed E-state index contributed by atoms with van der Waals surface area (Å²) in [5, 5.41) is 3.00. The van der Waals surface area contributed by atoms with Crippen LogP contribution in [0, 0.1) is 0 Å². The standard InChI is InChI=1S/C71H119N2O7P/c1-7-10-13-16-19-22-25-28-30-32-34-36-38-40-42-45-48-51-54-57-60-63-70(74)72-68(67-79-81(76,77)78-66-65-73(4,5)6)69(62-59-56-53-50-47-44-27-24-21-18-15-12-9-3)80-71(75)64-61-58-55-52-49-46-43-41-39-37-35-33-31-29-26-23-20-17-14-11-8-2/h10-11,13-14,19-20,22-23,28-31,34-37,40-43,48,51,59,62,68-69H,7-9,12,15-18,21,24-27,32-33,38-39,44-47,49-50,52-58,60-61,63-67H2,1-6H3,(H-,72,74,76,77)/b13-10-,14-11-,22-19-,23-20-,30-28-,31-29-,36-34-,37-35-,42-40-,43-41-,51-48-,62-59+. The zero-order valence-electron chi connectivity index (χ0n) is 52.4. The van der Waals surface area contributed by atoms with Crippen LogP contribution in [0.4, 0.5) is 0 Å². The summed E-state index contributed by atoms with van der Waals surface area (Å²) >= 11 is 0. The van der Waals surface area contributed by atoms with Crippen molar-refractivity contribution in [2.75, 3.05) is 40.9 Å². The quantitative estimate of drug-likeness (QED) is 0.0212. The number of allylic oxidation sites excluding steroid dienone is 23. The van der Waals surface area contributed by atoms with Crippen LogP contribution in [-0.2, 0) is 27.9 Å². The van der Waals surface area contributed by atoms with Gasteiger partial charge in [0, 0.05) is 12.8 Å². The first-order valence-electron chi connectivity index (χ1n) is 32.1. The lowest BCUT2D eigenvalue weighted by Gasteiger charge is -2.30. The number of nitrogens with one attached hydrogen (secondary N) is 1. The maximum absolute atomic E-state index is 13.5. The third-order valence-electron chi connectivity index (χ3n) is 13.3. The molecule has 0 bridgehead atoms. The van der Waals surface area contributed by atoms with Crippen molar-refractivity contribution < 1.29 is 37.3 Å². The minimum absolute atomic E-state index is 0.0429. The van der Waals surface area contributed by atoms with Gasteiger partial charge in [-0.25, -0.2) is 0 Å². The number of amides is 1. The Balaban J connectivity index is 5.39. The van der Waals surface area contributed by atoms with Gasteiger partial charge in [0.1, 0.15) is 19.3 Å². The molecular formula is C71H119N2O7P. The Bertz CT molecular complexity index is 1890. The van der Waals surface area contributed by atoms with E-state index in [1.54, 1.807) is 0 Å². The molecule has 3 atom stereocenters. The number of phosphoric ester groups is 1. The molecule has 0 aromatic heterocycles. The second-order valence-corrected chi connectivity index (χ2v) is 23.6. The molecule has 10 heteroatoms. The van der Waals surface area contributed by atoms with Crippen molar-refractivity contribution in [3.8, 4) is 0 Å². The molecule has 0 rings (SSSR count). The third kappa shape index (κ3) is 60.3. The zero-order chi connectivity index (χ0) is 59.3. The Morgan fingerprint density at radius 2 is 0.790 bits per heavy atom. The molecule has 0 aromatic carbocycles. The fraction of sp³-hybridized carbons (Fsp3) is 0.634. The molecule has 0 radical (unpaired) electrons. The molecule has 0 fully saturated rings. The average molecular weight is 1140 g/mol. The van der Waals surface area contributed by atoms with Gasteiger partial charge in [0.2, 0.25) is 5.91 Å². The Hall–Kier alpha value is -4.11. The molecule has 0 aliphatic rings. The Morgan fingerprint density at radius 3 is 1.20 bits per heavy atom. The average Bonchev–Trinajstić information content (AvgIpc) is 3.44. The van der Waals surface area contributed by atoms with Crippen LogP contribution in [0.2, 0.25) is 0 Å². The summed E-state index contributed by atoms with van der Waals surface area (Å²) in [6.45, 7) is 6.55. The van der Waals surface area contributed by atoms with Gasteiger partial charge in [-0.05, 0) is 128 Å². The largest absolute Gasteiger partial charge is 0.756 e. The molecule has 0 aliphatic carbocycles. The minimum Gasteiger partial charge on any atom is -0.756 e. The lowest BCUT2D eigenvalue weighted by molar-refractivity contribution is -0.870. The van der Waals surface area contributed by atoms with Gasteiger partial charge in [-0.2, -0.15) is 0 Å². The van der Waals surface area contributed by atoms with Gasteiger partial charge in [-0.1, -0.05) is 244 Å². The Kier molecular flexibility index (Phi) is 56.1. The van der Waals surface area contributed by atoms with E-state index in [1.807, 2.05) is 33.3 Å². The zero-order valence-corrected chi connectivity index (χ0v) is 53.3. The maximum atomic E-state index is 13.5. The molecule has 1 amide bonds. The number of likely N-dealkylation sites (N-methyl/N-ethyl adjacent to an activating group) is 1. The highest BCUT2D eigenvalue weighted by molar-refractivity contribution is 7.45. The number of carbonyl (C=O) groups excluding carboxylic acids is 2. The summed E-state index contributed by atoms with van der Waals surface area (Å²) in [5.74, 6) is -0.624. The number of hydrogen-bond donors (Lipinski definition) is 1. The second-order valence-electron chi connectivity index (χ2n) is 22.1. The van der Waals surface area contributed by atoms with Crippen molar-refractivity contribution in [2.24, 2.45) is 0 Å². The van der Waals surface area contributed by atoms with E-state index in [0.717, 1.165) is 135 Å². The molecule has 0 aromatic rings. The second kappa shape index (κ2) is 59.1. The van der Waals surface area contributed by atoms with Crippen LogP contribution in [0.25, 0.3) is 0 Å². The molecule has 81 heavy (non-hydrogen) atoms. The fourth-order valence-electron chi connectivity index (χ4n) is 8.37. The summed E-state index contributed by atoms with van der Waals surface area (Å²) in [6.07, 6.45) is 85.3. The van der Waals surface area contributed by atoms with Crippen LogP contribution in [0.3, 0.4) is 0 Å². The lowest BCUT2D eigenvalue weighted by Crippen LogP contribution is -2.47. The predicted octanol–water partition coefficient (Wildman–Crippen LogP) is 19.6. The number of unbranched alkanes of at least 4 members (excludes halogenated alkanes) is 18. The number of nitrogens with zero attached hydrogens (tertiary/aromatic N) is 1. The van der Waals surface area contributed by atoms with E-state index >= 15 is 0 Å². The molecule has 0 spiro atoms. The molecule has 3 unspecified atom stereocenters. The van der Waals surface area contributed by atoms with Crippen LogP contribution in [0.15, 0.2) is 146 Å². The minimum atomic E-state index is -4.73. The van der Waals surface area contributed by atoms with Gasteiger partial charge in [-0.15, -0.1) is 0 Å². The molecule has 9 nitrogen and oxygen atoms in total. The van der Waals surface area contributed by atoms with E-state index < -0.39 is 26.6 Å². The SMILES string of the molecule is CC/C=C\C/C=C\C/C=C\C/C=C\C/C=C\C/C=C\CCCCC(=O)NC(COP(=O)([O-])OCC[N+](C)(C)C)C(/C=C/CCCCCCCCCCCCC)OC(=O)CCCCCCC/C=C\C/C=C\C/C=C\C/C=C\C/C=C\CC. The van der Waals surface area contributed by atoms with Crippen molar-refractivity contribution in [1.82, 2.24) is 5.32 Å². The highest BCUT2D eigenvalue weighted by Gasteiger charge is 2.27. The topological polar surface area (TPSA) is 114 Å². The summed E-state index contributed by atoms with van der Waals surface area (Å²) in [6, 6.07) is -0.932. The monoisotopic (exact) mass is 1140 g/mol. The lowest BCUT2D eigenvalue weighted by atomic mass is 10.0. The smallest absolute Gasteiger partial charge is 0.306 e. The molecule has 0 heterocycles. The van der Waals surface area contributed by atoms with Crippen LogP contribution in [0.1, 0.15) is 239 Å². The van der Waals surface area contributed by atoms with Crippen LogP contribution >= 0.6 is 7.82 Å². The first-order valence-corrected chi connectivity index (χ1v) is 33.6. The van der Waals surface area contributed by atoms with Crippen molar-refractivity contribution in [1.29, 1.82) is 0 Å². The van der Waals surface area contributed by atoms with E-state index in [4.69, 9.17) is 13.8 Å². The fourth-order valence-corrected chi connectivity index (χ4v) is 9.10. The third-order valence-corrected chi connectivity index (χ3v) is 14.2. The van der Waals surface area contributed by atoms with Crippen LogP contribution in [0.5, 0.6) is 0 Å². The number of quaternary nitrogens is 1. The van der Waals surface area contributed by atoms with Gasteiger partial charge in [-0.3, -0.25) is 14.2 Å². The molecule has 0 saturated heterocycles. The van der Waals surface area contributed by atoms with Gasteiger partial charge in [0.15, 0.2) is 0 Å². The Morgan fingerprint density at radius 1 is 0.444 bits per heavy atom. The molecule has 460 valence electrons. The first-order chi connectivity index (χ1) is 39.4. The van der Waals surface area contributed by atoms with Crippen molar-refractivity contribution >= 4 is 19.7 Å². The van der Waals surface area contributed by atoms with E-state index in [1.165, 1.54) is 57.8 Å². The van der Waals surface area contributed by atoms with Gasteiger partial charge >= 0.3 is 5.97 Å². The summed E-state index contributed by atoms with van der Waals surface area (Å²) in [5.41, 5.74) is 0. The van der Waals surface area contributed by atoms with Crippen LogP contribution in [-0.4, -0.2) is 69.4 Å². The van der Waals surface area contributed by atoms with E-state index in [9.17, 15) is 19.0 Å². The van der Waals surface area contributed by atoms with Gasteiger partial charge in [0.05, 0.1) is 33.8 Å². The summed E-state index contributed by atoms with van der Waals surface area (Å²) < 4.78 is 30.3. The number of ether oxygens (including phenoxy) is 1. The van der Waals surface area contributed by atoms with Crippen molar-refractivity contribution in [3.63, 3.8) is 0 Å². The van der Waals surface area contributed by atoms with E-state index in [0.29, 0.717) is 23.9 Å². The summed E-state index contributed by atoms with van der Waals surface area (Å²) in [7, 11) is 1.12. The number of phosphoric acid groups is 1. The number of rotatable bonds is 56. The van der Waals surface area contributed by atoms with E-state index in [-0.39, 0.29) is 31.3 Å². The molecule has 0 saturated carbocycles. The molecule has 1 N–H and O–H groups in total. The molecular weight excluding hydrogens is 1020 g/mol. The normalized spacial score (nSPS) is 14.6. The number of hydrogen-bond acceptors (Lipinski definition) is 7. The summed E-state index contributed by atoms with van der Waals surface area (Å²) in [4.78, 5) is 40.1. The highest BCUT2D eigenvalue weighted by atomic mass is 31.2. The maximum Gasteiger partial charge on any atom is 0.306 e. The Labute approximate surface area is 498 Å². The van der Waals surface area contributed by atoms with Crippen molar-refractivity contribution in [3.05, 3.63) is 146 Å². The van der Waals surface area contributed by atoms with Crippen molar-refractivity contribution in [2.45, 2.75) is 251 Å².